The van der Waals surface area contributed by atoms with Crippen molar-refractivity contribution in [1.82, 2.24) is 14.1 Å². The lowest BCUT2D eigenvalue weighted by atomic mass is 10.0. The highest BCUT2D eigenvalue weighted by atomic mass is 15.0. The van der Waals surface area contributed by atoms with Gasteiger partial charge in [-0.1, -0.05) is 109 Å². The molecule has 4 heteroatoms. The first-order valence-corrected chi connectivity index (χ1v) is 17.4. The van der Waals surface area contributed by atoms with Crippen LogP contribution in [0.25, 0.3) is 88.4 Å². The molecule has 0 saturated heterocycles. The number of nitrogens with zero attached hydrogens (tertiary/aromatic N) is 4. The van der Waals surface area contributed by atoms with E-state index >= 15 is 0 Å². The van der Waals surface area contributed by atoms with Crippen LogP contribution >= 0.6 is 0 Å². The maximum atomic E-state index is 11.2. The zero-order chi connectivity index (χ0) is 34.6. The van der Waals surface area contributed by atoms with E-state index in [-0.39, 0.29) is 0 Å². The molecule has 0 bridgehead atoms. The minimum absolute atomic E-state index is 0.599. The van der Waals surface area contributed by atoms with Crippen molar-refractivity contribution in [3.05, 3.63) is 188 Å². The van der Waals surface area contributed by atoms with Crippen LogP contribution in [0.3, 0.4) is 0 Å². The fraction of sp³-hybridized carbons (Fsp3) is 0. The molecule has 0 aliphatic carbocycles. The molecule has 0 N–H and O–H groups in total. The maximum Gasteiger partial charge on any atom is 0.104 e. The molecule has 0 atom stereocenters. The lowest BCUT2D eigenvalue weighted by molar-refractivity contribution is 1.12. The molecule has 0 spiro atoms. The van der Waals surface area contributed by atoms with Gasteiger partial charge in [0, 0.05) is 33.9 Å². The van der Waals surface area contributed by atoms with Gasteiger partial charge in [0.2, 0.25) is 0 Å². The van der Waals surface area contributed by atoms with Crippen molar-refractivity contribution in [2.24, 2.45) is 0 Å². The van der Waals surface area contributed by atoms with E-state index in [4.69, 9.17) is 0 Å². The molecule has 0 unspecified atom stereocenters. The highest BCUT2D eigenvalue weighted by Crippen LogP contribution is 2.41. The quantitative estimate of drug-likeness (QED) is 0.184. The summed E-state index contributed by atoms with van der Waals surface area (Å²) in [6.07, 6.45) is 3.65. The van der Waals surface area contributed by atoms with Crippen LogP contribution in [0.4, 0.5) is 0 Å². The summed E-state index contributed by atoms with van der Waals surface area (Å²) in [6, 6.07) is 62.4. The van der Waals surface area contributed by atoms with Gasteiger partial charge in [0.25, 0.3) is 0 Å². The third-order valence-corrected chi connectivity index (χ3v) is 10.3. The van der Waals surface area contributed by atoms with Crippen LogP contribution in [0.15, 0.2) is 182 Å². The molecule has 4 nitrogen and oxygen atoms in total. The third kappa shape index (κ3) is 4.65. The van der Waals surface area contributed by atoms with E-state index in [1.165, 1.54) is 11.1 Å². The number of aromatic nitrogens is 3. The summed E-state index contributed by atoms with van der Waals surface area (Å²) < 4.78 is 4.54. The fourth-order valence-electron chi connectivity index (χ4n) is 7.88. The van der Waals surface area contributed by atoms with Gasteiger partial charge in [-0.25, -0.2) is 0 Å². The molecule has 242 valence electrons. The molecular formula is C48H30N4. The summed E-state index contributed by atoms with van der Waals surface area (Å²) in [6.45, 7) is 0. The molecule has 10 rings (SSSR count). The van der Waals surface area contributed by atoms with Gasteiger partial charge in [-0.3, -0.25) is 4.98 Å². The van der Waals surface area contributed by atoms with Crippen LogP contribution in [-0.2, 0) is 0 Å². The van der Waals surface area contributed by atoms with E-state index in [9.17, 15) is 5.26 Å². The zero-order valence-corrected chi connectivity index (χ0v) is 28.1. The van der Waals surface area contributed by atoms with E-state index in [0.29, 0.717) is 5.56 Å². The Kier molecular flexibility index (Phi) is 6.84. The average molecular weight is 663 g/mol. The first kappa shape index (κ1) is 29.7. The second-order valence-electron chi connectivity index (χ2n) is 13.1. The van der Waals surface area contributed by atoms with Crippen LogP contribution in [0.5, 0.6) is 0 Å². The number of benzene rings is 7. The Hall–Kier alpha value is -7.22. The molecule has 3 heterocycles. The van der Waals surface area contributed by atoms with Crippen molar-refractivity contribution in [3.8, 4) is 50.8 Å². The Labute approximate surface area is 300 Å². The summed E-state index contributed by atoms with van der Waals surface area (Å²) in [5, 5.41) is 15.8. The average Bonchev–Trinajstić information content (AvgIpc) is 3.73. The van der Waals surface area contributed by atoms with Gasteiger partial charge >= 0.3 is 0 Å². The topological polar surface area (TPSA) is 46.5 Å². The number of fused-ring (bicyclic) bond motifs is 6. The van der Waals surface area contributed by atoms with Crippen molar-refractivity contribution in [3.63, 3.8) is 0 Å². The second-order valence-corrected chi connectivity index (χ2v) is 13.1. The van der Waals surface area contributed by atoms with E-state index < -0.39 is 0 Å². The molecule has 10 aromatic rings. The van der Waals surface area contributed by atoms with Crippen molar-refractivity contribution in [1.29, 1.82) is 5.26 Å². The van der Waals surface area contributed by atoms with Crippen LogP contribution in [0.1, 0.15) is 5.56 Å². The van der Waals surface area contributed by atoms with Gasteiger partial charge in [-0.05, 0) is 94.0 Å². The largest absolute Gasteiger partial charge is 0.308 e. The van der Waals surface area contributed by atoms with E-state index in [0.717, 1.165) is 77.2 Å². The molecule has 3 aromatic heterocycles. The van der Waals surface area contributed by atoms with Gasteiger partial charge in [0.05, 0.1) is 33.4 Å². The van der Waals surface area contributed by atoms with Crippen molar-refractivity contribution >= 4 is 43.6 Å². The van der Waals surface area contributed by atoms with E-state index in [2.05, 4.69) is 166 Å². The normalized spacial score (nSPS) is 11.4. The first-order chi connectivity index (χ1) is 25.8. The highest BCUT2D eigenvalue weighted by Gasteiger charge is 2.23. The molecule has 0 radical (unpaired) electrons. The molecular weight excluding hydrogens is 633 g/mol. The molecule has 0 aliphatic rings. The Morgan fingerprint density at radius 1 is 0.365 bits per heavy atom. The summed E-state index contributed by atoms with van der Waals surface area (Å²) in [4.78, 5) is 4.32. The number of hydrogen-bond acceptors (Lipinski definition) is 2. The molecule has 0 fully saturated rings. The zero-order valence-electron chi connectivity index (χ0n) is 28.1. The smallest absolute Gasteiger partial charge is 0.104 e. The van der Waals surface area contributed by atoms with Crippen LogP contribution < -0.4 is 0 Å². The Bertz CT molecular complexity index is 2820. The van der Waals surface area contributed by atoms with Gasteiger partial charge in [-0.15, -0.1) is 0 Å². The predicted octanol–water partition coefficient (Wildman–Crippen LogP) is 12.1. The fourth-order valence-corrected chi connectivity index (χ4v) is 7.88. The summed E-state index contributed by atoms with van der Waals surface area (Å²) in [5.74, 6) is 0. The number of pyridine rings is 1. The lowest BCUT2D eigenvalue weighted by Crippen LogP contribution is -2.05. The molecule has 0 aliphatic heterocycles. The summed E-state index contributed by atoms with van der Waals surface area (Å²) >= 11 is 0. The van der Waals surface area contributed by atoms with Gasteiger partial charge in [0.1, 0.15) is 11.6 Å². The summed E-state index contributed by atoms with van der Waals surface area (Å²) in [7, 11) is 0. The predicted molar refractivity (Wildman–Crippen MR) is 214 cm³/mol. The SMILES string of the molecule is N#Cc1c(-n2c3ccccc3c3cc(-c4ccccc4)ccc32)cc(-c2ccncc2)cc1-n1c2ccccc2c2cc(-c3ccccc3)ccc21. The molecule has 52 heavy (non-hydrogen) atoms. The Morgan fingerprint density at radius 3 is 1.27 bits per heavy atom. The minimum Gasteiger partial charge on any atom is -0.308 e. The van der Waals surface area contributed by atoms with Crippen LogP contribution in [0.2, 0.25) is 0 Å². The van der Waals surface area contributed by atoms with Crippen molar-refractivity contribution in [2.75, 3.05) is 0 Å². The Balaban J connectivity index is 1.30. The number of rotatable bonds is 5. The van der Waals surface area contributed by atoms with Crippen molar-refractivity contribution in [2.45, 2.75) is 0 Å². The standard InChI is InChI=1S/C48H30N4/c49-31-42-47(51-43-17-9-7-15-38(43)40-27-35(19-21-45(40)51)32-11-3-1-4-12-32)29-37(34-23-25-50-26-24-34)30-48(42)52-44-18-10-8-16-39(44)41-28-36(20-22-46(41)52)33-13-5-2-6-14-33/h1-30H. The Morgan fingerprint density at radius 2 is 0.788 bits per heavy atom. The van der Waals surface area contributed by atoms with E-state index in [1.54, 1.807) is 0 Å². The van der Waals surface area contributed by atoms with Crippen molar-refractivity contribution < 1.29 is 0 Å². The van der Waals surface area contributed by atoms with Gasteiger partial charge in [0.15, 0.2) is 0 Å². The number of para-hydroxylation sites is 2. The third-order valence-electron chi connectivity index (χ3n) is 10.3. The molecule has 0 saturated carbocycles. The lowest BCUT2D eigenvalue weighted by Gasteiger charge is -2.18. The van der Waals surface area contributed by atoms with Crippen LogP contribution in [0, 0.1) is 11.3 Å². The van der Waals surface area contributed by atoms with E-state index in [1.807, 2.05) is 36.7 Å². The highest BCUT2D eigenvalue weighted by molar-refractivity contribution is 6.12. The first-order valence-electron chi connectivity index (χ1n) is 17.4. The van der Waals surface area contributed by atoms with Gasteiger partial charge in [-0.2, -0.15) is 5.26 Å². The number of hydrogen-bond donors (Lipinski definition) is 0. The molecule has 0 amide bonds. The second kappa shape index (κ2) is 12.0. The monoisotopic (exact) mass is 662 g/mol. The summed E-state index contributed by atoms with van der Waals surface area (Å²) in [5.41, 5.74) is 13.1. The van der Waals surface area contributed by atoms with Gasteiger partial charge < -0.3 is 9.13 Å². The minimum atomic E-state index is 0.599. The maximum absolute atomic E-state index is 11.2. The van der Waals surface area contributed by atoms with Crippen LogP contribution in [-0.4, -0.2) is 14.1 Å². The number of nitriles is 1. The molecule has 7 aromatic carbocycles.